The maximum absolute atomic E-state index is 12.7. The fraction of sp³-hybridized carbons (Fsp3) is 0.0714. The predicted molar refractivity (Wildman–Crippen MR) is 76.4 cm³/mol. The third-order valence-electron chi connectivity index (χ3n) is 2.45. The van der Waals surface area contributed by atoms with Gasteiger partial charge in [0.1, 0.15) is 10.8 Å². The van der Waals surface area contributed by atoms with Gasteiger partial charge in [0, 0.05) is 17.1 Å². The summed E-state index contributed by atoms with van der Waals surface area (Å²) < 4.78 is 12.7. The van der Waals surface area contributed by atoms with Crippen molar-refractivity contribution in [3.8, 4) is 0 Å². The Labute approximate surface area is 116 Å². The van der Waals surface area contributed by atoms with Gasteiger partial charge in [0.25, 0.3) is 0 Å². The van der Waals surface area contributed by atoms with Crippen molar-refractivity contribution in [3.63, 3.8) is 0 Å². The quantitative estimate of drug-likeness (QED) is 0.854. The van der Waals surface area contributed by atoms with E-state index in [0.717, 1.165) is 11.1 Å². The average Bonchev–Trinajstić information content (AvgIpc) is 2.38. The van der Waals surface area contributed by atoms with Gasteiger partial charge in [-0.2, -0.15) is 0 Å². The molecule has 18 heavy (non-hydrogen) atoms. The summed E-state index contributed by atoms with van der Waals surface area (Å²) >= 11 is 11.2. The van der Waals surface area contributed by atoms with Crippen molar-refractivity contribution in [1.29, 1.82) is 0 Å². The molecule has 92 valence electrons. The topological polar surface area (TPSA) is 12.0 Å². The lowest BCUT2D eigenvalue weighted by Crippen LogP contribution is -2.21. The molecule has 0 saturated carbocycles. The summed E-state index contributed by atoms with van der Waals surface area (Å²) in [4.78, 5) is 0.627. The number of nitrogens with one attached hydrogen (secondary N) is 1. The molecule has 0 radical (unpaired) electrons. The maximum Gasteiger partial charge on any atom is 0.123 e. The fourth-order valence-electron chi connectivity index (χ4n) is 1.52. The van der Waals surface area contributed by atoms with Crippen LogP contribution < -0.4 is 5.32 Å². The lowest BCUT2D eigenvalue weighted by Gasteiger charge is -2.08. The third-order valence-corrected chi connectivity index (χ3v) is 3.07. The molecule has 2 aromatic rings. The number of hydrogen-bond donors (Lipinski definition) is 1. The molecule has 0 aromatic heterocycles. The van der Waals surface area contributed by atoms with Gasteiger partial charge in [-0.05, 0) is 29.8 Å². The van der Waals surface area contributed by atoms with E-state index in [-0.39, 0.29) is 5.82 Å². The van der Waals surface area contributed by atoms with Crippen molar-refractivity contribution >= 4 is 28.8 Å². The Balaban J connectivity index is 1.98. The number of hydrogen-bond acceptors (Lipinski definition) is 1. The van der Waals surface area contributed by atoms with E-state index in [1.807, 2.05) is 18.2 Å². The molecule has 0 bridgehead atoms. The van der Waals surface area contributed by atoms with Crippen LogP contribution in [0, 0.1) is 5.82 Å². The van der Waals surface area contributed by atoms with Crippen molar-refractivity contribution in [3.05, 3.63) is 70.5 Å². The molecule has 2 aromatic carbocycles. The first kappa shape index (κ1) is 13.0. The SMILES string of the molecule is Fc1ccc(CNC(=S)c2cccc(Cl)c2)cc1. The molecular formula is C14H11ClFNS. The maximum atomic E-state index is 12.7. The fourth-order valence-corrected chi connectivity index (χ4v) is 1.91. The van der Waals surface area contributed by atoms with E-state index in [0.29, 0.717) is 16.6 Å². The van der Waals surface area contributed by atoms with Crippen molar-refractivity contribution in [2.45, 2.75) is 6.54 Å². The molecule has 2 rings (SSSR count). The number of benzene rings is 2. The van der Waals surface area contributed by atoms with Crippen LogP contribution in [0.5, 0.6) is 0 Å². The molecule has 0 aliphatic heterocycles. The van der Waals surface area contributed by atoms with Crippen LogP contribution in [0.15, 0.2) is 48.5 Å². The summed E-state index contributed by atoms with van der Waals surface area (Å²) in [7, 11) is 0. The van der Waals surface area contributed by atoms with E-state index >= 15 is 0 Å². The van der Waals surface area contributed by atoms with E-state index in [4.69, 9.17) is 23.8 Å². The van der Waals surface area contributed by atoms with Crippen molar-refractivity contribution < 1.29 is 4.39 Å². The van der Waals surface area contributed by atoms with Crippen LogP contribution in [-0.4, -0.2) is 4.99 Å². The van der Waals surface area contributed by atoms with Gasteiger partial charge in [-0.3, -0.25) is 0 Å². The standard InChI is InChI=1S/C14H11ClFNS/c15-12-3-1-2-11(8-12)14(18)17-9-10-4-6-13(16)7-5-10/h1-8H,9H2,(H,17,18). The smallest absolute Gasteiger partial charge is 0.123 e. The van der Waals surface area contributed by atoms with Gasteiger partial charge in [0.05, 0.1) is 0 Å². The Morgan fingerprint density at radius 3 is 2.56 bits per heavy atom. The zero-order valence-electron chi connectivity index (χ0n) is 9.49. The van der Waals surface area contributed by atoms with Gasteiger partial charge < -0.3 is 5.32 Å². The number of halogens is 2. The van der Waals surface area contributed by atoms with E-state index in [2.05, 4.69) is 5.32 Å². The molecule has 0 heterocycles. The van der Waals surface area contributed by atoms with Gasteiger partial charge in [0.2, 0.25) is 0 Å². The first-order chi connectivity index (χ1) is 8.65. The molecule has 0 atom stereocenters. The average molecular weight is 280 g/mol. The molecule has 1 N–H and O–H groups in total. The summed E-state index contributed by atoms with van der Waals surface area (Å²) in [5.74, 6) is -0.240. The monoisotopic (exact) mass is 279 g/mol. The predicted octanol–water partition coefficient (Wildman–Crippen LogP) is 3.94. The minimum absolute atomic E-state index is 0.240. The molecule has 0 aliphatic rings. The van der Waals surface area contributed by atoms with Crippen molar-refractivity contribution in [2.75, 3.05) is 0 Å². The molecule has 0 unspecified atom stereocenters. The van der Waals surface area contributed by atoms with Crippen LogP contribution in [-0.2, 0) is 6.54 Å². The highest BCUT2D eigenvalue weighted by molar-refractivity contribution is 7.80. The minimum atomic E-state index is -0.240. The Bertz CT molecular complexity index is 554. The lowest BCUT2D eigenvalue weighted by molar-refractivity contribution is 0.627. The van der Waals surface area contributed by atoms with Crippen LogP contribution in [0.2, 0.25) is 5.02 Å². The van der Waals surface area contributed by atoms with Gasteiger partial charge in [0.15, 0.2) is 0 Å². The second-order valence-electron chi connectivity index (χ2n) is 3.82. The summed E-state index contributed by atoms with van der Waals surface area (Å²) in [6.45, 7) is 0.561. The normalized spacial score (nSPS) is 10.1. The molecule has 4 heteroatoms. The molecular weight excluding hydrogens is 269 g/mol. The first-order valence-electron chi connectivity index (χ1n) is 5.43. The molecule has 0 saturated heterocycles. The lowest BCUT2D eigenvalue weighted by atomic mass is 10.2. The molecule has 0 aliphatic carbocycles. The van der Waals surface area contributed by atoms with E-state index in [9.17, 15) is 4.39 Å². The van der Waals surface area contributed by atoms with Crippen molar-refractivity contribution in [2.24, 2.45) is 0 Å². The van der Waals surface area contributed by atoms with Crippen LogP contribution in [0.25, 0.3) is 0 Å². The van der Waals surface area contributed by atoms with E-state index in [1.54, 1.807) is 18.2 Å². The van der Waals surface area contributed by atoms with Gasteiger partial charge in [-0.15, -0.1) is 0 Å². The minimum Gasteiger partial charge on any atom is -0.372 e. The molecule has 0 spiro atoms. The van der Waals surface area contributed by atoms with E-state index in [1.165, 1.54) is 12.1 Å². The van der Waals surface area contributed by atoms with E-state index < -0.39 is 0 Å². The number of rotatable bonds is 3. The molecule has 1 nitrogen and oxygen atoms in total. The zero-order valence-corrected chi connectivity index (χ0v) is 11.1. The summed E-state index contributed by atoms with van der Waals surface area (Å²) in [5.41, 5.74) is 1.85. The highest BCUT2D eigenvalue weighted by Gasteiger charge is 2.01. The Kier molecular flexibility index (Phi) is 4.28. The highest BCUT2D eigenvalue weighted by atomic mass is 35.5. The van der Waals surface area contributed by atoms with Gasteiger partial charge in [-0.1, -0.05) is 48.1 Å². The molecule has 0 fully saturated rings. The second kappa shape index (κ2) is 5.94. The highest BCUT2D eigenvalue weighted by Crippen LogP contribution is 2.11. The Morgan fingerprint density at radius 1 is 1.17 bits per heavy atom. The number of thiocarbonyl (C=S) groups is 1. The summed E-state index contributed by atoms with van der Waals surface area (Å²) in [6.07, 6.45) is 0. The largest absolute Gasteiger partial charge is 0.372 e. The van der Waals surface area contributed by atoms with Crippen LogP contribution in [0.3, 0.4) is 0 Å². The van der Waals surface area contributed by atoms with Crippen LogP contribution >= 0.6 is 23.8 Å². The third kappa shape index (κ3) is 3.52. The van der Waals surface area contributed by atoms with Gasteiger partial charge in [-0.25, -0.2) is 4.39 Å². The molecule has 0 amide bonds. The van der Waals surface area contributed by atoms with Crippen LogP contribution in [0.4, 0.5) is 4.39 Å². The van der Waals surface area contributed by atoms with Crippen LogP contribution in [0.1, 0.15) is 11.1 Å². The summed E-state index contributed by atoms with van der Waals surface area (Å²) in [6, 6.07) is 13.7. The summed E-state index contributed by atoms with van der Waals surface area (Å²) in [5, 5.41) is 3.76. The Hall–Kier alpha value is -1.45. The van der Waals surface area contributed by atoms with Crippen molar-refractivity contribution in [1.82, 2.24) is 5.32 Å². The Morgan fingerprint density at radius 2 is 1.89 bits per heavy atom. The zero-order chi connectivity index (χ0) is 13.0. The first-order valence-corrected chi connectivity index (χ1v) is 6.22. The van der Waals surface area contributed by atoms with Gasteiger partial charge >= 0.3 is 0 Å². The second-order valence-corrected chi connectivity index (χ2v) is 4.66.